The minimum atomic E-state index is -0.273. The van der Waals surface area contributed by atoms with Gasteiger partial charge in [0.1, 0.15) is 0 Å². The van der Waals surface area contributed by atoms with Crippen molar-refractivity contribution >= 4 is 29.3 Å². The molecular weight excluding hydrogens is 158 g/mol. The summed E-state index contributed by atoms with van der Waals surface area (Å²) < 4.78 is 0. The molecule has 0 heterocycles. The van der Waals surface area contributed by atoms with E-state index in [0.29, 0.717) is 5.88 Å². The molecule has 0 aromatic heterocycles. The fourth-order valence-corrected chi connectivity index (χ4v) is 1.18. The predicted molar refractivity (Wildman–Crippen MR) is 41.8 cm³/mol. The van der Waals surface area contributed by atoms with Crippen LogP contribution in [-0.4, -0.2) is 22.8 Å². The predicted octanol–water partition coefficient (Wildman–Crippen LogP) is 0.832. The Hall–Kier alpha value is 0.110. The number of amides is 1. The Morgan fingerprint density at radius 2 is 2.44 bits per heavy atom. The zero-order valence-electron chi connectivity index (χ0n) is 5.26. The van der Waals surface area contributed by atoms with Gasteiger partial charge < -0.3 is 5.73 Å². The summed E-state index contributed by atoms with van der Waals surface area (Å²) in [6, 6.07) is 0. The first-order valence-electron chi connectivity index (χ1n) is 2.65. The van der Waals surface area contributed by atoms with Gasteiger partial charge in [-0.15, -0.1) is 23.4 Å². The zero-order chi connectivity index (χ0) is 7.28. The van der Waals surface area contributed by atoms with Crippen molar-refractivity contribution in [2.24, 2.45) is 5.73 Å². The summed E-state index contributed by atoms with van der Waals surface area (Å²) in [4.78, 5) is 10.4. The van der Waals surface area contributed by atoms with Crippen LogP contribution in [0.25, 0.3) is 0 Å². The van der Waals surface area contributed by atoms with Crippen molar-refractivity contribution in [2.45, 2.75) is 12.2 Å². The molecule has 0 spiro atoms. The summed E-state index contributed by atoms with van der Waals surface area (Å²) in [5, 5.41) is -0.108. The molecule has 4 heteroatoms. The second kappa shape index (κ2) is 4.94. The maximum atomic E-state index is 10.4. The second-order valence-electron chi connectivity index (χ2n) is 1.60. The maximum Gasteiger partial charge on any atom is 0.230 e. The molecule has 9 heavy (non-hydrogen) atoms. The Labute approximate surface area is 64.1 Å². The van der Waals surface area contributed by atoms with Gasteiger partial charge in [0, 0.05) is 11.6 Å². The van der Waals surface area contributed by atoms with Crippen LogP contribution in [0.3, 0.4) is 0 Å². The van der Waals surface area contributed by atoms with E-state index in [-0.39, 0.29) is 11.2 Å². The first-order valence-corrected chi connectivity index (χ1v) is 4.23. The molecule has 0 bridgehead atoms. The summed E-state index contributed by atoms with van der Waals surface area (Å²) >= 11 is 6.86. The van der Waals surface area contributed by atoms with Crippen LogP contribution in [0.4, 0.5) is 0 Å². The van der Waals surface area contributed by atoms with E-state index in [1.54, 1.807) is 6.92 Å². The highest BCUT2D eigenvalue weighted by molar-refractivity contribution is 8.00. The highest BCUT2D eigenvalue weighted by Gasteiger charge is 2.06. The summed E-state index contributed by atoms with van der Waals surface area (Å²) in [5.41, 5.74) is 4.97. The van der Waals surface area contributed by atoms with E-state index in [2.05, 4.69) is 0 Å². The summed E-state index contributed by atoms with van der Waals surface area (Å²) in [6.45, 7) is 1.78. The second-order valence-corrected chi connectivity index (χ2v) is 3.43. The van der Waals surface area contributed by atoms with Gasteiger partial charge in [0.2, 0.25) is 5.91 Å². The van der Waals surface area contributed by atoms with E-state index < -0.39 is 0 Å². The Bertz CT molecular complexity index is 99.0. The average Bonchev–Trinajstić information content (AvgIpc) is 1.82. The lowest BCUT2D eigenvalue weighted by molar-refractivity contribution is -0.117. The third-order valence-electron chi connectivity index (χ3n) is 0.846. The number of hydrogen-bond acceptors (Lipinski definition) is 2. The third kappa shape index (κ3) is 4.60. The topological polar surface area (TPSA) is 43.1 Å². The molecule has 2 nitrogen and oxygen atoms in total. The van der Waals surface area contributed by atoms with E-state index in [0.717, 1.165) is 5.75 Å². The van der Waals surface area contributed by atoms with Crippen LogP contribution in [0, 0.1) is 0 Å². The van der Waals surface area contributed by atoms with Gasteiger partial charge in [-0.3, -0.25) is 4.79 Å². The van der Waals surface area contributed by atoms with Gasteiger partial charge in [0.05, 0.1) is 5.25 Å². The Kier molecular flexibility index (Phi) is 5.00. The van der Waals surface area contributed by atoms with Gasteiger partial charge in [0.25, 0.3) is 0 Å². The van der Waals surface area contributed by atoms with Crippen molar-refractivity contribution in [1.29, 1.82) is 0 Å². The molecule has 0 fully saturated rings. The van der Waals surface area contributed by atoms with E-state index in [1.807, 2.05) is 0 Å². The largest absolute Gasteiger partial charge is 0.369 e. The molecule has 2 N–H and O–H groups in total. The fraction of sp³-hybridized carbons (Fsp3) is 0.800. The zero-order valence-corrected chi connectivity index (χ0v) is 6.84. The number of halogens is 1. The Morgan fingerprint density at radius 1 is 1.89 bits per heavy atom. The molecule has 0 aliphatic heterocycles. The van der Waals surface area contributed by atoms with E-state index in [4.69, 9.17) is 17.3 Å². The average molecular weight is 168 g/mol. The lowest BCUT2D eigenvalue weighted by atomic mass is 10.5. The van der Waals surface area contributed by atoms with Gasteiger partial charge in [-0.2, -0.15) is 0 Å². The number of rotatable bonds is 4. The molecule has 0 rings (SSSR count). The molecule has 1 atom stereocenters. The highest BCUT2D eigenvalue weighted by atomic mass is 35.5. The van der Waals surface area contributed by atoms with Crippen LogP contribution < -0.4 is 5.73 Å². The van der Waals surface area contributed by atoms with Crippen LogP contribution in [0.1, 0.15) is 6.92 Å². The van der Waals surface area contributed by atoms with Crippen molar-refractivity contribution in [2.75, 3.05) is 11.6 Å². The highest BCUT2D eigenvalue weighted by Crippen LogP contribution is 2.08. The van der Waals surface area contributed by atoms with Gasteiger partial charge in [-0.05, 0) is 6.92 Å². The minimum Gasteiger partial charge on any atom is -0.369 e. The molecule has 0 radical (unpaired) electrons. The molecule has 0 aliphatic carbocycles. The summed E-state index contributed by atoms with van der Waals surface area (Å²) in [6.07, 6.45) is 0. The van der Waals surface area contributed by atoms with Crippen LogP contribution in [0.15, 0.2) is 0 Å². The number of carbonyl (C=O) groups excluding carboxylic acids is 1. The number of thioether (sulfide) groups is 1. The summed E-state index contributed by atoms with van der Waals surface area (Å²) in [5.74, 6) is 1.08. The first-order chi connectivity index (χ1) is 4.18. The molecule has 0 aromatic carbocycles. The molecule has 0 aromatic rings. The molecule has 0 saturated carbocycles. The quantitative estimate of drug-likeness (QED) is 0.631. The standard InChI is InChI=1S/C5H10ClNOS/c1-4(5(7)8)9-3-2-6/h4H,2-3H2,1H3,(H2,7,8). The minimum absolute atomic E-state index is 0.108. The smallest absolute Gasteiger partial charge is 0.230 e. The lowest BCUT2D eigenvalue weighted by Gasteiger charge is -2.02. The van der Waals surface area contributed by atoms with Crippen molar-refractivity contribution < 1.29 is 4.79 Å². The monoisotopic (exact) mass is 167 g/mol. The SMILES string of the molecule is CC(SCCCl)C(N)=O. The van der Waals surface area contributed by atoms with Crippen LogP contribution >= 0.6 is 23.4 Å². The summed E-state index contributed by atoms with van der Waals surface area (Å²) in [7, 11) is 0. The van der Waals surface area contributed by atoms with E-state index in [9.17, 15) is 4.79 Å². The van der Waals surface area contributed by atoms with Gasteiger partial charge in [0.15, 0.2) is 0 Å². The third-order valence-corrected chi connectivity index (χ3v) is 2.43. The molecule has 0 saturated heterocycles. The number of hydrogen-bond donors (Lipinski definition) is 1. The first kappa shape index (κ1) is 9.11. The number of carbonyl (C=O) groups is 1. The Balaban J connectivity index is 3.27. The van der Waals surface area contributed by atoms with Gasteiger partial charge in [-0.25, -0.2) is 0 Å². The molecule has 1 unspecified atom stereocenters. The van der Waals surface area contributed by atoms with Crippen LogP contribution in [0.2, 0.25) is 0 Å². The molecule has 54 valence electrons. The van der Waals surface area contributed by atoms with Gasteiger partial charge >= 0.3 is 0 Å². The van der Waals surface area contributed by atoms with E-state index in [1.165, 1.54) is 11.8 Å². The van der Waals surface area contributed by atoms with Crippen molar-refractivity contribution in [3.63, 3.8) is 0 Å². The lowest BCUT2D eigenvalue weighted by Crippen LogP contribution is -2.22. The maximum absolute atomic E-state index is 10.4. The van der Waals surface area contributed by atoms with Crippen molar-refractivity contribution in [1.82, 2.24) is 0 Å². The van der Waals surface area contributed by atoms with Crippen LogP contribution in [-0.2, 0) is 4.79 Å². The van der Waals surface area contributed by atoms with Crippen LogP contribution in [0.5, 0.6) is 0 Å². The van der Waals surface area contributed by atoms with Crippen molar-refractivity contribution in [3.8, 4) is 0 Å². The van der Waals surface area contributed by atoms with Crippen molar-refractivity contribution in [3.05, 3.63) is 0 Å². The van der Waals surface area contributed by atoms with E-state index >= 15 is 0 Å². The normalized spacial score (nSPS) is 13.1. The molecule has 1 amide bonds. The number of alkyl halides is 1. The van der Waals surface area contributed by atoms with Gasteiger partial charge in [-0.1, -0.05) is 0 Å². The fourth-order valence-electron chi connectivity index (χ4n) is 0.303. The molecular formula is C5H10ClNOS. The number of primary amides is 1. The Morgan fingerprint density at radius 3 is 2.78 bits per heavy atom. The number of nitrogens with two attached hydrogens (primary N) is 1. The molecule has 0 aliphatic rings.